The number of nitrogens with zero attached hydrogens (tertiary/aromatic N) is 1. The highest BCUT2D eigenvalue weighted by Crippen LogP contribution is 2.42. The summed E-state index contributed by atoms with van der Waals surface area (Å²) >= 11 is 0. The van der Waals surface area contributed by atoms with E-state index in [0.717, 1.165) is 0 Å². The predicted octanol–water partition coefficient (Wildman–Crippen LogP) is 2.48. The molecule has 116 valence electrons. The van der Waals surface area contributed by atoms with E-state index in [1.807, 2.05) is 30.3 Å². The molecule has 22 heavy (non-hydrogen) atoms. The number of ether oxygens (including phenoxy) is 1. The third kappa shape index (κ3) is 2.55. The molecule has 0 aliphatic carbocycles. The molecule has 0 amide bonds. The molecule has 0 radical (unpaired) electrons. The molecule has 3 rings (SSSR count). The van der Waals surface area contributed by atoms with Crippen LogP contribution in [0.2, 0.25) is 0 Å². The molecule has 2 aromatic rings. The van der Waals surface area contributed by atoms with Crippen molar-refractivity contribution in [2.75, 3.05) is 17.9 Å². The van der Waals surface area contributed by atoms with Crippen molar-refractivity contribution in [3.63, 3.8) is 0 Å². The van der Waals surface area contributed by atoms with Crippen molar-refractivity contribution in [3.8, 4) is 5.75 Å². The number of benzene rings is 2. The van der Waals surface area contributed by atoms with Crippen molar-refractivity contribution in [1.82, 2.24) is 5.32 Å². The van der Waals surface area contributed by atoms with Gasteiger partial charge in [-0.05, 0) is 37.9 Å². The molecule has 0 fully saturated rings. The van der Waals surface area contributed by atoms with Crippen molar-refractivity contribution < 1.29 is 13.2 Å². The fraction of sp³-hybridized carbons (Fsp3) is 0.250. The zero-order chi connectivity index (χ0) is 15.6. The predicted molar refractivity (Wildman–Crippen MR) is 86.9 cm³/mol. The summed E-state index contributed by atoms with van der Waals surface area (Å²) in [5, 5.41) is 2.97. The fourth-order valence-corrected chi connectivity index (χ4v) is 4.22. The second-order valence-electron chi connectivity index (χ2n) is 5.05. The van der Waals surface area contributed by atoms with Crippen LogP contribution in [0.1, 0.15) is 6.42 Å². The van der Waals surface area contributed by atoms with Crippen LogP contribution in [0.4, 0.5) is 11.4 Å². The maximum atomic E-state index is 13.0. The van der Waals surface area contributed by atoms with Gasteiger partial charge in [0.25, 0.3) is 10.0 Å². The van der Waals surface area contributed by atoms with Crippen LogP contribution in [0, 0.1) is 0 Å². The van der Waals surface area contributed by atoms with Crippen molar-refractivity contribution in [2.45, 2.75) is 11.9 Å². The summed E-state index contributed by atoms with van der Waals surface area (Å²) in [5.74, 6) is 0.585. The molecule has 0 saturated heterocycles. The van der Waals surface area contributed by atoms with Gasteiger partial charge in [-0.2, -0.15) is 0 Å². The summed E-state index contributed by atoms with van der Waals surface area (Å²) in [6, 6.07) is 16.3. The van der Waals surface area contributed by atoms with Gasteiger partial charge in [-0.1, -0.05) is 30.3 Å². The number of para-hydroxylation sites is 3. The molecule has 6 heteroatoms. The Balaban J connectivity index is 2.12. The molecular weight excluding hydrogens is 300 g/mol. The molecule has 5 nitrogen and oxygen atoms in total. The maximum Gasteiger partial charge on any atom is 0.278 e. The summed E-state index contributed by atoms with van der Waals surface area (Å²) in [6.45, 7) is 0.564. The van der Waals surface area contributed by atoms with Crippen molar-refractivity contribution in [3.05, 3.63) is 54.6 Å². The van der Waals surface area contributed by atoms with Crippen LogP contribution >= 0.6 is 0 Å². The van der Waals surface area contributed by atoms with Gasteiger partial charge in [0.2, 0.25) is 5.44 Å². The lowest BCUT2D eigenvalue weighted by Gasteiger charge is -2.35. The Hall–Kier alpha value is -2.05. The summed E-state index contributed by atoms with van der Waals surface area (Å²) in [4.78, 5) is 0. The van der Waals surface area contributed by atoms with E-state index in [1.54, 1.807) is 31.3 Å². The van der Waals surface area contributed by atoms with E-state index in [2.05, 4.69) is 5.32 Å². The molecule has 1 aliphatic heterocycles. The van der Waals surface area contributed by atoms with Crippen LogP contribution in [-0.2, 0) is 10.0 Å². The van der Waals surface area contributed by atoms with Gasteiger partial charge in [-0.15, -0.1) is 0 Å². The molecule has 1 atom stereocenters. The number of rotatable bonds is 4. The number of sulfonamides is 1. The van der Waals surface area contributed by atoms with Crippen LogP contribution in [0.25, 0.3) is 0 Å². The minimum absolute atomic E-state index is 0.385. The minimum Gasteiger partial charge on any atom is -0.470 e. The lowest BCUT2D eigenvalue weighted by atomic mass is 10.2. The highest BCUT2D eigenvalue weighted by molar-refractivity contribution is 7.93. The van der Waals surface area contributed by atoms with Crippen LogP contribution in [0.5, 0.6) is 5.75 Å². The molecule has 0 saturated carbocycles. The number of fused-ring (bicyclic) bond motifs is 1. The lowest BCUT2D eigenvalue weighted by molar-refractivity contribution is 0.257. The van der Waals surface area contributed by atoms with Gasteiger partial charge in [0, 0.05) is 6.42 Å². The van der Waals surface area contributed by atoms with Crippen LogP contribution in [0.15, 0.2) is 54.6 Å². The topological polar surface area (TPSA) is 58.6 Å². The Morgan fingerprint density at radius 1 is 1.09 bits per heavy atom. The Kier molecular flexibility index (Phi) is 4.04. The number of hydrogen-bond donors (Lipinski definition) is 1. The van der Waals surface area contributed by atoms with Gasteiger partial charge in [0.15, 0.2) is 0 Å². The van der Waals surface area contributed by atoms with E-state index >= 15 is 0 Å². The molecule has 1 aliphatic rings. The Morgan fingerprint density at radius 2 is 1.77 bits per heavy atom. The molecule has 0 spiro atoms. The largest absolute Gasteiger partial charge is 0.470 e. The highest BCUT2D eigenvalue weighted by Gasteiger charge is 2.40. The first-order valence-electron chi connectivity index (χ1n) is 7.14. The van der Waals surface area contributed by atoms with E-state index in [0.29, 0.717) is 30.1 Å². The Labute approximate surface area is 130 Å². The molecule has 0 bridgehead atoms. The highest BCUT2D eigenvalue weighted by atomic mass is 32.2. The number of hydrogen-bond acceptors (Lipinski definition) is 4. The lowest BCUT2D eigenvalue weighted by Crippen LogP contribution is -2.44. The van der Waals surface area contributed by atoms with E-state index < -0.39 is 15.5 Å². The van der Waals surface area contributed by atoms with Crippen LogP contribution in [-0.4, -0.2) is 27.4 Å². The zero-order valence-electron chi connectivity index (χ0n) is 12.3. The van der Waals surface area contributed by atoms with Crippen LogP contribution < -0.4 is 14.4 Å². The van der Waals surface area contributed by atoms with Crippen molar-refractivity contribution >= 4 is 21.4 Å². The van der Waals surface area contributed by atoms with E-state index in [9.17, 15) is 8.42 Å². The first kappa shape index (κ1) is 14.9. The zero-order valence-corrected chi connectivity index (χ0v) is 13.1. The summed E-state index contributed by atoms with van der Waals surface area (Å²) in [6.07, 6.45) is 0.385. The SMILES string of the molecule is CNCCC1Oc2ccccc2N(c2ccccc2)S1(=O)=O. The Bertz CT molecular complexity index is 747. The van der Waals surface area contributed by atoms with Gasteiger partial charge >= 0.3 is 0 Å². The molecule has 1 heterocycles. The molecule has 1 N–H and O–H groups in total. The third-order valence-corrected chi connectivity index (χ3v) is 5.46. The average Bonchev–Trinajstić information content (AvgIpc) is 2.53. The average molecular weight is 318 g/mol. The molecule has 0 aromatic heterocycles. The standard InChI is InChI=1S/C16H18N2O3S/c1-17-12-11-16-21-15-10-6-5-9-14(15)18(22(16,19)20)13-7-3-2-4-8-13/h2-10,16-17H,11-12H2,1H3. The van der Waals surface area contributed by atoms with Gasteiger partial charge in [-0.3, -0.25) is 0 Å². The smallest absolute Gasteiger partial charge is 0.278 e. The third-order valence-electron chi connectivity index (χ3n) is 3.55. The quantitative estimate of drug-likeness (QED) is 0.941. The normalized spacial score (nSPS) is 19.3. The summed E-state index contributed by atoms with van der Waals surface area (Å²) in [5.41, 5.74) is 0.275. The van der Waals surface area contributed by atoms with Gasteiger partial charge < -0.3 is 10.1 Å². The first-order valence-corrected chi connectivity index (χ1v) is 8.64. The fourth-order valence-electron chi connectivity index (χ4n) is 2.50. The van der Waals surface area contributed by atoms with Gasteiger partial charge in [-0.25, -0.2) is 12.7 Å². The first-order chi connectivity index (χ1) is 10.6. The molecule has 2 aromatic carbocycles. The molecule has 1 unspecified atom stereocenters. The van der Waals surface area contributed by atoms with E-state index in [1.165, 1.54) is 4.31 Å². The summed E-state index contributed by atoms with van der Waals surface area (Å²) in [7, 11) is -1.84. The summed E-state index contributed by atoms with van der Waals surface area (Å²) < 4.78 is 33.0. The Morgan fingerprint density at radius 3 is 2.50 bits per heavy atom. The minimum atomic E-state index is -3.63. The van der Waals surface area contributed by atoms with Gasteiger partial charge in [0.1, 0.15) is 5.75 Å². The van der Waals surface area contributed by atoms with E-state index in [-0.39, 0.29) is 0 Å². The maximum absolute atomic E-state index is 13.0. The number of anilines is 2. The monoisotopic (exact) mass is 318 g/mol. The van der Waals surface area contributed by atoms with Gasteiger partial charge in [0.05, 0.1) is 11.4 Å². The van der Waals surface area contributed by atoms with Crippen molar-refractivity contribution in [1.29, 1.82) is 0 Å². The van der Waals surface area contributed by atoms with Crippen LogP contribution in [0.3, 0.4) is 0 Å². The second kappa shape index (κ2) is 5.98. The van der Waals surface area contributed by atoms with Crippen molar-refractivity contribution in [2.24, 2.45) is 0 Å². The van der Waals surface area contributed by atoms with E-state index in [4.69, 9.17) is 4.74 Å². The second-order valence-corrected chi connectivity index (χ2v) is 6.97. The number of nitrogens with one attached hydrogen (secondary N) is 1. The molecular formula is C16H18N2O3S.